The average molecular weight is 564 g/mol. The van der Waals surface area contributed by atoms with Crippen LogP contribution in [-0.2, 0) is 14.8 Å². The Bertz CT molecular complexity index is 1250. The second-order valence-electron chi connectivity index (χ2n) is 11.0. The van der Waals surface area contributed by atoms with E-state index in [9.17, 15) is 13.2 Å². The second kappa shape index (κ2) is 11.1. The number of amides is 1. The minimum Gasteiger partial charge on any atom is -0.331 e. The first-order valence-electron chi connectivity index (χ1n) is 12.9. The molecule has 37 heavy (non-hydrogen) atoms. The van der Waals surface area contributed by atoms with Crippen molar-refractivity contribution in [2.24, 2.45) is 16.5 Å². The van der Waals surface area contributed by atoms with Gasteiger partial charge in [-0.2, -0.15) is 0 Å². The third-order valence-electron chi connectivity index (χ3n) is 8.14. The summed E-state index contributed by atoms with van der Waals surface area (Å²) < 4.78 is 24.0. The molecular weight excluding hydrogens is 527 g/mol. The van der Waals surface area contributed by atoms with Crippen molar-refractivity contribution in [3.63, 3.8) is 0 Å². The monoisotopic (exact) mass is 562 g/mol. The van der Waals surface area contributed by atoms with Crippen molar-refractivity contribution >= 4 is 39.1 Å². The van der Waals surface area contributed by atoms with Gasteiger partial charge in [-0.1, -0.05) is 60.5 Å². The predicted octanol–water partition coefficient (Wildman–Crippen LogP) is 6.87. The van der Waals surface area contributed by atoms with E-state index in [2.05, 4.69) is 17.5 Å². The van der Waals surface area contributed by atoms with Gasteiger partial charge in [0.2, 0.25) is 15.9 Å². The number of halogens is 2. The number of likely N-dealkylation sites (tertiary alicyclic amines) is 1. The molecule has 8 heteroatoms. The summed E-state index contributed by atoms with van der Waals surface area (Å²) in [6.07, 6.45) is 6.03. The second-order valence-corrected chi connectivity index (χ2v) is 13.9. The zero-order valence-electron chi connectivity index (χ0n) is 21.4. The molecule has 5 atom stereocenters. The third-order valence-corrected chi connectivity index (χ3v) is 9.98. The van der Waals surface area contributed by atoms with Crippen LogP contribution in [0.3, 0.4) is 0 Å². The number of benzene rings is 2. The van der Waals surface area contributed by atoms with Crippen LogP contribution in [0.2, 0.25) is 10.0 Å². The SMILES string of the molecule is C=CC[C@@]1(C)C[C@H](c2cccc(Cl)c2)[C@@H](c2ccc(Cl)cc2)N([C@@H](CCC(C)S(N)(=O)=O)C2CC2)C1=O. The van der Waals surface area contributed by atoms with Crippen molar-refractivity contribution in [1.29, 1.82) is 0 Å². The number of hydrogen-bond acceptors (Lipinski definition) is 3. The maximum absolute atomic E-state index is 14.4. The quantitative estimate of drug-likeness (QED) is 0.321. The highest BCUT2D eigenvalue weighted by Gasteiger charge is 2.53. The van der Waals surface area contributed by atoms with Gasteiger partial charge in [0, 0.05) is 22.0 Å². The molecule has 1 amide bonds. The Kier molecular flexibility index (Phi) is 8.44. The first-order chi connectivity index (χ1) is 17.4. The molecule has 1 heterocycles. The van der Waals surface area contributed by atoms with Crippen LogP contribution < -0.4 is 5.14 Å². The fourth-order valence-electron chi connectivity index (χ4n) is 5.91. The van der Waals surface area contributed by atoms with E-state index in [1.54, 1.807) is 6.92 Å². The lowest BCUT2D eigenvalue weighted by Gasteiger charge is -2.52. The van der Waals surface area contributed by atoms with Crippen LogP contribution in [0.25, 0.3) is 0 Å². The zero-order chi connectivity index (χ0) is 27.0. The maximum atomic E-state index is 14.4. The summed E-state index contributed by atoms with van der Waals surface area (Å²) in [4.78, 5) is 16.5. The highest BCUT2D eigenvalue weighted by Crippen LogP contribution is 2.54. The molecule has 2 N–H and O–H groups in total. The molecule has 1 saturated carbocycles. The molecule has 0 bridgehead atoms. The smallest absolute Gasteiger partial charge is 0.229 e. The van der Waals surface area contributed by atoms with E-state index < -0.39 is 20.7 Å². The van der Waals surface area contributed by atoms with E-state index in [0.717, 1.165) is 24.0 Å². The Hall–Kier alpha value is -1.86. The largest absolute Gasteiger partial charge is 0.331 e. The van der Waals surface area contributed by atoms with E-state index in [1.807, 2.05) is 55.5 Å². The molecule has 0 aromatic heterocycles. The molecule has 1 saturated heterocycles. The van der Waals surface area contributed by atoms with E-state index in [-0.39, 0.29) is 23.9 Å². The molecule has 2 aromatic rings. The number of piperidine rings is 1. The molecule has 200 valence electrons. The Balaban J connectivity index is 1.85. The van der Waals surface area contributed by atoms with Crippen LogP contribution >= 0.6 is 23.2 Å². The Morgan fingerprint density at radius 1 is 1.11 bits per heavy atom. The highest BCUT2D eigenvalue weighted by molar-refractivity contribution is 7.89. The maximum Gasteiger partial charge on any atom is 0.229 e. The molecule has 2 aliphatic rings. The third kappa shape index (κ3) is 6.25. The summed E-state index contributed by atoms with van der Waals surface area (Å²) in [5, 5.41) is 6.06. The van der Waals surface area contributed by atoms with Gasteiger partial charge >= 0.3 is 0 Å². The fourth-order valence-corrected chi connectivity index (χ4v) is 6.69. The molecule has 5 nitrogen and oxygen atoms in total. The fraction of sp³-hybridized carbons (Fsp3) is 0.483. The van der Waals surface area contributed by atoms with E-state index in [1.165, 1.54) is 0 Å². The van der Waals surface area contributed by atoms with Crippen molar-refractivity contribution in [2.45, 2.75) is 75.6 Å². The van der Waals surface area contributed by atoms with E-state index >= 15 is 0 Å². The van der Waals surface area contributed by atoms with E-state index in [4.69, 9.17) is 28.3 Å². The lowest BCUT2D eigenvalue weighted by atomic mass is 9.66. The number of nitrogens with zero attached hydrogens (tertiary/aromatic N) is 1. The van der Waals surface area contributed by atoms with Gasteiger partial charge < -0.3 is 4.90 Å². The first-order valence-corrected chi connectivity index (χ1v) is 15.3. The van der Waals surface area contributed by atoms with Gasteiger partial charge in [0.05, 0.1) is 16.7 Å². The molecule has 0 spiro atoms. The Labute approximate surface area is 231 Å². The molecule has 4 rings (SSSR count). The zero-order valence-corrected chi connectivity index (χ0v) is 23.8. The van der Waals surface area contributed by atoms with Crippen molar-refractivity contribution in [3.8, 4) is 0 Å². The standard InChI is InChI=1S/C29H36Cl2N2O3S/c1-4-16-29(3)18-25(22-6-5-7-24(31)17-22)27(21-11-13-23(30)14-12-21)33(28(29)34)26(20-9-10-20)15-8-19(2)37(32,35)36/h4-7,11-14,17,19-20,25-27H,1,8-10,15-16,18H2,2-3H3,(H2,32,35,36)/t19?,25-,26+,27-,29+/m1/s1. The molecule has 1 aliphatic carbocycles. The van der Waals surface area contributed by atoms with Gasteiger partial charge in [-0.15, -0.1) is 6.58 Å². The number of carbonyl (C=O) groups is 1. The molecule has 1 aliphatic heterocycles. The normalized spacial score (nSPS) is 26.1. The van der Waals surface area contributed by atoms with Crippen LogP contribution in [-0.4, -0.2) is 30.5 Å². The van der Waals surface area contributed by atoms with Gasteiger partial charge in [0.15, 0.2) is 0 Å². The van der Waals surface area contributed by atoms with Gasteiger partial charge in [-0.25, -0.2) is 13.6 Å². The average Bonchev–Trinajstić information content (AvgIpc) is 3.67. The lowest BCUT2D eigenvalue weighted by molar-refractivity contribution is -0.155. The summed E-state index contributed by atoms with van der Waals surface area (Å²) in [5.74, 6) is 0.405. The number of allylic oxidation sites excluding steroid dienone is 1. The topological polar surface area (TPSA) is 80.5 Å². The minimum absolute atomic E-state index is 0.0144. The van der Waals surface area contributed by atoms with Crippen molar-refractivity contribution in [1.82, 2.24) is 4.90 Å². The summed E-state index contributed by atoms with van der Waals surface area (Å²) in [7, 11) is -3.65. The van der Waals surface area contributed by atoms with E-state index in [0.29, 0.717) is 41.6 Å². The number of sulfonamides is 1. The first kappa shape index (κ1) is 28.2. The molecule has 1 unspecified atom stereocenters. The Morgan fingerprint density at radius 2 is 1.78 bits per heavy atom. The Morgan fingerprint density at radius 3 is 2.35 bits per heavy atom. The molecule has 2 fully saturated rings. The summed E-state index contributed by atoms with van der Waals surface area (Å²) in [6, 6.07) is 15.3. The van der Waals surface area contributed by atoms with Gasteiger partial charge in [-0.3, -0.25) is 4.79 Å². The number of hydrogen-bond donors (Lipinski definition) is 1. The van der Waals surface area contributed by atoms with Gasteiger partial charge in [0.1, 0.15) is 0 Å². The predicted molar refractivity (Wildman–Crippen MR) is 151 cm³/mol. The highest BCUT2D eigenvalue weighted by atomic mass is 35.5. The molecule has 2 aromatic carbocycles. The number of nitrogens with two attached hydrogens (primary N) is 1. The molecule has 0 radical (unpaired) electrons. The molecular formula is C29H36Cl2N2O3S. The van der Waals surface area contributed by atoms with Crippen molar-refractivity contribution in [3.05, 3.63) is 82.4 Å². The van der Waals surface area contributed by atoms with Gasteiger partial charge in [0.25, 0.3) is 0 Å². The lowest BCUT2D eigenvalue weighted by Crippen LogP contribution is -2.56. The van der Waals surface area contributed by atoms with Crippen LogP contribution in [0.4, 0.5) is 0 Å². The van der Waals surface area contributed by atoms with Crippen LogP contribution in [0, 0.1) is 11.3 Å². The summed E-state index contributed by atoms with van der Waals surface area (Å²) in [5.41, 5.74) is 1.44. The minimum atomic E-state index is -3.65. The summed E-state index contributed by atoms with van der Waals surface area (Å²) in [6.45, 7) is 7.62. The van der Waals surface area contributed by atoms with Crippen molar-refractivity contribution < 1.29 is 13.2 Å². The summed E-state index contributed by atoms with van der Waals surface area (Å²) >= 11 is 12.7. The number of rotatable bonds is 10. The number of carbonyl (C=O) groups excluding carboxylic acids is 1. The van der Waals surface area contributed by atoms with Crippen LogP contribution in [0.1, 0.15) is 75.5 Å². The number of primary sulfonamides is 1. The van der Waals surface area contributed by atoms with Crippen LogP contribution in [0.5, 0.6) is 0 Å². The van der Waals surface area contributed by atoms with Gasteiger partial charge in [-0.05, 0) is 86.8 Å². The van der Waals surface area contributed by atoms with Crippen molar-refractivity contribution in [2.75, 3.05) is 0 Å². The van der Waals surface area contributed by atoms with Crippen LogP contribution in [0.15, 0.2) is 61.2 Å².